The molecule has 3 rings (SSSR count). The molecule has 0 aliphatic carbocycles. The first-order valence-corrected chi connectivity index (χ1v) is 9.24. The Morgan fingerprint density at radius 3 is 2.79 bits per heavy atom. The molecule has 28 heavy (non-hydrogen) atoms. The van der Waals surface area contributed by atoms with Crippen molar-refractivity contribution in [2.45, 2.75) is 6.42 Å². The molecule has 1 N–H and O–H groups in total. The fraction of sp³-hybridized carbons (Fsp3) is 0.211. The van der Waals surface area contributed by atoms with E-state index < -0.39 is 0 Å². The maximum Gasteiger partial charge on any atom is 0.255 e. The van der Waals surface area contributed by atoms with Gasteiger partial charge in [0.05, 0.1) is 24.1 Å². The second-order valence-corrected chi connectivity index (χ2v) is 6.82. The summed E-state index contributed by atoms with van der Waals surface area (Å²) < 4.78 is 7.47. The third-order valence-corrected chi connectivity index (χ3v) is 4.61. The monoisotopic (exact) mass is 443 g/mol. The minimum atomic E-state index is -0.268. The molecule has 0 spiro atoms. The van der Waals surface area contributed by atoms with Crippen LogP contribution in [0.3, 0.4) is 0 Å². The van der Waals surface area contributed by atoms with Crippen molar-refractivity contribution in [2.75, 3.05) is 13.7 Å². The van der Waals surface area contributed by atoms with Crippen LogP contribution in [0.2, 0.25) is 0 Å². The van der Waals surface area contributed by atoms with Crippen molar-refractivity contribution in [2.24, 2.45) is 7.05 Å². The lowest BCUT2D eigenvalue weighted by Crippen LogP contribution is -2.29. The standard InChI is InChI=1S/C19H18BrN5O3/c1-25-17(24-15(10-18(25)26)14-5-7-21-11-23-14)6-8-22-19(27)13-9-12(20)3-4-16(13)28-2/h3-5,7,9-11H,6,8H2,1-2H3,(H,22,27). The summed E-state index contributed by atoms with van der Waals surface area (Å²) in [5.41, 5.74) is 1.27. The first-order chi connectivity index (χ1) is 13.5. The number of methoxy groups -OCH3 is 1. The Bertz CT molecular complexity index is 1050. The number of nitrogens with zero attached hydrogens (tertiary/aromatic N) is 4. The van der Waals surface area contributed by atoms with Gasteiger partial charge >= 0.3 is 0 Å². The topological polar surface area (TPSA) is 99.0 Å². The summed E-state index contributed by atoms with van der Waals surface area (Å²) >= 11 is 3.35. The van der Waals surface area contributed by atoms with Crippen molar-refractivity contribution in [3.63, 3.8) is 0 Å². The van der Waals surface area contributed by atoms with E-state index in [1.807, 2.05) is 0 Å². The summed E-state index contributed by atoms with van der Waals surface area (Å²) in [4.78, 5) is 37.2. The first kappa shape index (κ1) is 19.7. The number of rotatable bonds is 6. The Balaban J connectivity index is 1.75. The smallest absolute Gasteiger partial charge is 0.255 e. The number of ether oxygens (including phenoxy) is 1. The van der Waals surface area contributed by atoms with Crippen molar-refractivity contribution in [3.05, 3.63) is 69.1 Å². The highest BCUT2D eigenvalue weighted by Crippen LogP contribution is 2.22. The van der Waals surface area contributed by atoms with Gasteiger partial charge in [-0.15, -0.1) is 0 Å². The molecule has 0 unspecified atom stereocenters. The lowest BCUT2D eigenvalue weighted by atomic mass is 10.2. The van der Waals surface area contributed by atoms with E-state index in [4.69, 9.17) is 4.74 Å². The van der Waals surface area contributed by atoms with Gasteiger partial charge in [-0.1, -0.05) is 15.9 Å². The molecule has 2 aromatic heterocycles. The Kier molecular flexibility index (Phi) is 6.15. The van der Waals surface area contributed by atoms with E-state index in [0.717, 1.165) is 4.47 Å². The molecule has 0 bridgehead atoms. The number of amides is 1. The average Bonchev–Trinajstić information content (AvgIpc) is 2.71. The third kappa shape index (κ3) is 4.42. The SMILES string of the molecule is COc1ccc(Br)cc1C(=O)NCCc1nc(-c2ccncn2)cc(=O)n1C. The van der Waals surface area contributed by atoms with Crippen LogP contribution >= 0.6 is 15.9 Å². The third-order valence-electron chi connectivity index (χ3n) is 4.11. The minimum absolute atomic E-state index is 0.196. The summed E-state index contributed by atoms with van der Waals surface area (Å²) in [6.07, 6.45) is 3.37. The second kappa shape index (κ2) is 8.75. The van der Waals surface area contributed by atoms with Crippen molar-refractivity contribution in [1.29, 1.82) is 0 Å². The molecule has 0 radical (unpaired) electrons. The van der Waals surface area contributed by atoms with Crippen molar-refractivity contribution >= 4 is 21.8 Å². The van der Waals surface area contributed by atoms with Gasteiger partial charge in [0.15, 0.2) is 0 Å². The molecule has 3 aromatic rings. The van der Waals surface area contributed by atoms with Gasteiger partial charge in [-0.25, -0.2) is 15.0 Å². The zero-order valence-corrected chi connectivity index (χ0v) is 16.9. The van der Waals surface area contributed by atoms with E-state index in [9.17, 15) is 9.59 Å². The molecule has 0 saturated carbocycles. The van der Waals surface area contributed by atoms with Crippen LogP contribution in [0.5, 0.6) is 5.75 Å². The molecular weight excluding hydrogens is 426 g/mol. The number of carbonyl (C=O) groups excluding carboxylic acids is 1. The van der Waals surface area contributed by atoms with E-state index >= 15 is 0 Å². The highest BCUT2D eigenvalue weighted by atomic mass is 79.9. The van der Waals surface area contributed by atoms with Crippen LogP contribution in [0.4, 0.5) is 0 Å². The number of halogens is 1. The quantitative estimate of drug-likeness (QED) is 0.625. The number of nitrogens with one attached hydrogen (secondary N) is 1. The second-order valence-electron chi connectivity index (χ2n) is 5.90. The molecular formula is C19H18BrN5O3. The predicted molar refractivity (Wildman–Crippen MR) is 107 cm³/mol. The van der Waals surface area contributed by atoms with Gasteiger partial charge in [0.25, 0.3) is 11.5 Å². The molecule has 1 aromatic carbocycles. The number of aromatic nitrogens is 4. The van der Waals surface area contributed by atoms with Crippen LogP contribution in [-0.4, -0.2) is 39.1 Å². The van der Waals surface area contributed by atoms with E-state index in [2.05, 4.69) is 36.2 Å². The average molecular weight is 444 g/mol. The van der Waals surface area contributed by atoms with Crippen LogP contribution in [-0.2, 0) is 13.5 Å². The van der Waals surface area contributed by atoms with Crippen molar-refractivity contribution in [3.8, 4) is 17.1 Å². The molecule has 0 aliphatic rings. The van der Waals surface area contributed by atoms with Gasteiger partial charge in [-0.05, 0) is 24.3 Å². The summed E-state index contributed by atoms with van der Waals surface area (Å²) in [5, 5.41) is 2.83. The number of hydrogen-bond donors (Lipinski definition) is 1. The Morgan fingerprint density at radius 2 is 2.07 bits per heavy atom. The summed E-state index contributed by atoms with van der Waals surface area (Å²) in [6.45, 7) is 0.308. The molecule has 1 amide bonds. The summed E-state index contributed by atoms with van der Waals surface area (Å²) in [6, 6.07) is 8.32. The first-order valence-electron chi connectivity index (χ1n) is 8.44. The minimum Gasteiger partial charge on any atom is -0.496 e. The Labute approximate surface area is 169 Å². The van der Waals surface area contributed by atoms with Gasteiger partial charge in [0.2, 0.25) is 0 Å². The molecule has 2 heterocycles. The number of hydrogen-bond acceptors (Lipinski definition) is 6. The maximum atomic E-state index is 12.5. The zero-order valence-electron chi connectivity index (χ0n) is 15.3. The predicted octanol–water partition coefficient (Wildman–Crippen LogP) is 1.98. The fourth-order valence-electron chi connectivity index (χ4n) is 2.63. The van der Waals surface area contributed by atoms with Gasteiger partial charge in [-0.3, -0.25) is 14.2 Å². The lowest BCUT2D eigenvalue weighted by molar-refractivity contribution is 0.0951. The van der Waals surface area contributed by atoms with Gasteiger partial charge in [-0.2, -0.15) is 0 Å². The van der Waals surface area contributed by atoms with Crippen LogP contribution in [0.15, 0.2) is 52.1 Å². The molecule has 9 heteroatoms. The molecule has 144 valence electrons. The molecule has 8 nitrogen and oxygen atoms in total. The van der Waals surface area contributed by atoms with Gasteiger partial charge < -0.3 is 10.1 Å². The summed E-state index contributed by atoms with van der Waals surface area (Å²) in [7, 11) is 3.16. The van der Waals surface area contributed by atoms with Crippen molar-refractivity contribution in [1.82, 2.24) is 24.8 Å². The fourth-order valence-corrected chi connectivity index (χ4v) is 2.99. The Hall–Kier alpha value is -3.07. The van der Waals surface area contributed by atoms with E-state index in [0.29, 0.717) is 41.5 Å². The number of carbonyl (C=O) groups is 1. The highest BCUT2D eigenvalue weighted by molar-refractivity contribution is 9.10. The largest absolute Gasteiger partial charge is 0.496 e. The lowest BCUT2D eigenvalue weighted by Gasteiger charge is -2.12. The van der Waals surface area contributed by atoms with Gasteiger partial charge in [0, 0.05) is 36.7 Å². The van der Waals surface area contributed by atoms with E-state index in [1.165, 1.54) is 24.1 Å². The molecule has 0 atom stereocenters. The number of benzene rings is 1. The van der Waals surface area contributed by atoms with Crippen LogP contribution in [0.1, 0.15) is 16.2 Å². The van der Waals surface area contributed by atoms with Crippen LogP contribution in [0.25, 0.3) is 11.4 Å². The molecule has 0 fully saturated rings. The summed E-state index contributed by atoms with van der Waals surface area (Å²) in [5.74, 6) is 0.759. The van der Waals surface area contributed by atoms with E-state index in [1.54, 1.807) is 37.5 Å². The van der Waals surface area contributed by atoms with Crippen molar-refractivity contribution < 1.29 is 9.53 Å². The highest BCUT2D eigenvalue weighted by Gasteiger charge is 2.13. The molecule has 0 aliphatic heterocycles. The maximum absolute atomic E-state index is 12.5. The Morgan fingerprint density at radius 1 is 1.25 bits per heavy atom. The molecule has 0 saturated heterocycles. The van der Waals surface area contributed by atoms with E-state index in [-0.39, 0.29) is 11.5 Å². The zero-order chi connectivity index (χ0) is 20.1. The van der Waals surface area contributed by atoms with Crippen LogP contribution in [0, 0.1) is 0 Å². The van der Waals surface area contributed by atoms with Gasteiger partial charge in [0.1, 0.15) is 17.9 Å². The van der Waals surface area contributed by atoms with Crippen LogP contribution < -0.4 is 15.6 Å². The normalized spacial score (nSPS) is 10.5.